The Hall–Kier alpha value is -2.42. The number of benzene rings is 1. The monoisotopic (exact) mass is 310 g/mol. The Morgan fingerprint density at radius 2 is 2.14 bits per heavy atom. The minimum absolute atomic E-state index is 0.0850. The van der Waals surface area contributed by atoms with E-state index in [4.69, 9.17) is 0 Å². The van der Waals surface area contributed by atoms with Crippen molar-refractivity contribution >= 4 is 21.4 Å². The average molecular weight is 310 g/mol. The first kappa shape index (κ1) is 15.0. The second-order valence-corrected chi connectivity index (χ2v) is 6.08. The predicted molar refractivity (Wildman–Crippen MR) is 76.6 cm³/mol. The number of nitro groups is 1. The number of hydrogen-bond donors (Lipinski definition) is 2. The van der Waals surface area contributed by atoms with Gasteiger partial charge in [0.1, 0.15) is 11.5 Å². The molecule has 0 saturated carbocycles. The highest BCUT2D eigenvalue weighted by molar-refractivity contribution is 7.92. The highest BCUT2D eigenvalue weighted by Gasteiger charge is 2.22. The second kappa shape index (κ2) is 5.52. The van der Waals surface area contributed by atoms with Gasteiger partial charge in [0.05, 0.1) is 11.1 Å². The van der Waals surface area contributed by atoms with Crippen LogP contribution in [-0.2, 0) is 16.4 Å². The number of nitrogens with one attached hydrogen (secondary N) is 2. The molecule has 9 heteroatoms. The molecule has 8 nitrogen and oxygen atoms in total. The van der Waals surface area contributed by atoms with Crippen LogP contribution in [0.2, 0.25) is 0 Å². The van der Waals surface area contributed by atoms with Crippen molar-refractivity contribution in [2.45, 2.75) is 25.3 Å². The third-order valence-corrected chi connectivity index (χ3v) is 4.10. The number of aromatic nitrogens is 2. The van der Waals surface area contributed by atoms with Crippen molar-refractivity contribution in [1.29, 1.82) is 0 Å². The van der Waals surface area contributed by atoms with Crippen molar-refractivity contribution in [1.82, 2.24) is 9.97 Å². The predicted octanol–water partition coefficient (Wildman–Crippen LogP) is 1.99. The maximum atomic E-state index is 12.2. The summed E-state index contributed by atoms with van der Waals surface area (Å²) in [5.74, 6) is 0.522. The van der Waals surface area contributed by atoms with Crippen LogP contribution < -0.4 is 4.72 Å². The SMILES string of the molecule is CCc1ncc(S(=O)(=O)Nc2ccc(C)cc2[N+](=O)[O-])[nH]1. The van der Waals surface area contributed by atoms with Crippen LogP contribution in [0.25, 0.3) is 0 Å². The Kier molecular flexibility index (Phi) is 3.94. The fourth-order valence-corrected chi connectivity index (χ4v) is 2.75. The molecule has 1 heterocycles. The summed E-state index contributed by atoms with van der Waals surface area (Å²) in [5.41, 5.74) is 0.284. The third-order valence-electron chi connectivity index (χ3n) is 2.82. The molecule has 0 atom stereocenters. The van der Waals surface area contributed by atoms with Gasteiger partial charge in [0.2, 0.25) is 0 Å². The first-order valence-electron chi connectivity index (χ1n) is 6.15. The van der Waals surface area contributed by atoms with E-state index in [-0.39, 0.29) is 16.4 Å². The highest BCUT2D eigenvalue weighted by Crippen LogP contribution is 2.27. The van der Waals surface area contributed by atoms with E-state index in [1.165, 1.54) is 18.3 Å². The lowest BCUT2D eigenvalue weighted by Gasteiger charge is -2.07. The molecule has 0 unspecified atom stereocenters. The summed E-state index contributed by atoms with van der Waals surface area (Å²) >= 11 is 0. The molecule has 0 amide bonds. The quantitative estimate of drug-likeness (QED) is 0.646. The largest absolute Gasteiger partial charge is 0.332 e. The van der Waals surface area contributed by atoms with Gasteiger partial charge in [-0.2, -0.15) is 8.42 Å². The number of imidazole rings is 1. The van der Waals surface area contributed by atoms with Gasteiger partial charge in [-0.1, -0.05) is 13.0 Å². The number of nitro benzene ring substituents is 1. The van der Waals surface area contributed by atoms with Gasteiger partial charge >= 0.3 is 0 Å². The van der Waals surface area contributed by atoms with Gasteiger partial charge in [0.15, 0.2) is 5.03 Å². The topological polar surface area (TPSA) is 118 Å². The van der Waals surface area contributed by atoms with Gasteiger partial charge < -0.3 is 4.98 Å². The molecule has 0 aliphatic carbocycles. The smallest absolute Gasteiger partial charge is 0.293 e. The molecule has 0 aliphatic heterocycles. The molecule has 2 aromatic rings. The maximum Gasteiger partial charge on any atom is 0.293 e. The molecule has 0 aliphatic rings. The molecular weight excluding hydrogens is 296 g/mol. The van der Waals surface area contributed by atoms with Crippen LogP contribution in [0, 0.1) is 17.0 Å². The maximum absolute atomic E-state index is 12.2. The molecule has 2 N–H and O–H groups in total. The van der Waals surface area contributed by atoms with E-state index < -0.39 is 14.9 Å². The van der Waals surface area contributed by atoms with Crippen molar-refractivity contribution in [2.24, 2.45) is 0 Å². The summed E-state index contributed by atoms with van der Waals surface area (Å²) in [6, 6.07) is 4.26. The van der Waals surface area contributed by atoms with E-state index >= 15 is 0 Å². The average Bonchev–Trinajstić information content (AvgIpc) is 2.90. The van der Waals surface area contributed by atoms with Crippen LogP contribution >= 0.6 is 0 Å². The zero-order chi connectivity index (χ0) is 15.6. The minimum atomic E-state index is -3.94. The standard InChI is InChI=1S/C12H14N4O4S/c1-3-11-13-7-12(14-11)21(19,20)15-9-5-4-8(2)6-10(9)16(17)18/h4-7,15H,3H2,1-2H3,(H,13,14). The molecular formula is C12H14N4O4S. The number of aromatic amines is 1. The number of H-pyrrole nitrogens is 1. The molecule has 21 heavy (non-hydrogen) atoms. The van der Waals surface area contributed by atoms with Crippen molar-refractivity contribution in [2.75, 3.05) is 4.72 Å². The lowest BCUT2D eigenvalue weighted by molar-refractivity contribution is -0.383. The molecule has 112 valence electrons. The number of hydrogen-bond acceptors (Lipinski definition) is 5. The fourth-order valence-electron chi connectivity index (χ4n) is 1.74. The zero-order valence-corrected chi connectivity index (χ0v) is 12.3. The molecule has 0 radical (unpaired) electrons. The van der Waals surface area contributed by atoms with Gasteiger partial charge in [0, 0.05) is 12.5 Å². The normalized spacial score (nSPS) is 11.3. The van der Waals surface area contributed by atoms with Crippen molar-refractivity contribution in [3.63, 3.8) is 0 Å². The Morgan fingerprint density at radius 1 is 1.43 bits per heavy atom. The summed E-state index contributed by atoms with van der Waals surface area (Å²) in [6.07, 6.45) is 1.74. The van der Waals surface area contributed by atoms with Crippen LogP contribution in [0.5, 0.6) is 0 Å². The number of rotatable bonds is 5. The zero-order valence-electron chi connectivity index (χ0n) is 11.5. The van der Waals surface area contributed by atoms with Gasteiger partial charge in [0.25, 0.3) is 15.7 Å². The van der Waals surface area contributed by atoms with E-state index in [2.05, 4.69) is 14.7 Å². The molecule has 1 aromatic heterocycles. The summed E-state index contributed by atoms with van der Waals surface area (Å²) in [5, 5.41) is 10.9. The first-order chi connectivity index (χ1) is 9.83. The van der Waals surface area contributed by atoms with Gasteiger partial charge in [-0.05, 0) is 18.6 Å². The van der Waals surface area contributed by atoms with Crippen LogP contribution in [0.15, 0.2) is 29.4 Å². The van der Waals surface area contributed by atoms with E-state index in [1.54, 1.807) is 13.0 Å². The molecule has 0 bridgehead atoms. The van der Waals surface area contributed by atoms with Gasteiger partial charge in [-0.3, -0.25) is 14.8 Å². The summed E-state index contributed by atoms with van der Waals surface area (Å²) in [7, 11) is -3.94. The Morgan fingerprint density at radius 3 is 2.71 bits per heavy atom. The minimum Gasteiger partial charge on any atom is -0.332 e. The van der Waals surface area contributed by atoms with E-state index in [9.17, 15) is 18.5 Å². The lowest BCUT2D eigenvalue weighted by Crippen LogP contribution is -2.14. The number of anilines is 1. The Bertz CT molecular complexity index is 782. The number of sulfonamides is 1. The third kappa shape index (κ3) is 3.19. The summed E-state index contributed by atoms with van der Waals surface area (Å²) in [4.78, 5) is 16.9. The molecule has 2 rings (SSSR count). The molecule has 0 fully saturated rings. The highest BCUT2D eigenvalue weighted by atomic mass is 32.2. The van der Waals surface area contributed by atoms with Gasteiger partial charge in [-0.25, -0.2) is 4.98 Å². The van der Waals surface area contributed by atoms with Gasteiger partial charge in [-0.15, -0.1) is 0 Å². The number of nitrogens with zero attached hydrogens (tertiary/aromatic N) is 2. The van der Waals surface area contributed by atoms with E-state index in [1.807, 2.05) is 6.92 Å². The van der Waals surface area contributed by atoms with Crippen LogP contribution in [0.1, 0.15) is 18.3 Å². The molecule has 1 aromatic carbocycles. The second-order valence-electron chi connectivity index (χ2n) is 4.43. The van der Waals surface area contributed by atoms with E-state index in [0.717, 1.165) is 0 Å². The van der Waals surface area contributed by atoms with Crippen LogP contribution in [0.3, 0.4) is 0 Å². The summed E-state index contributed by atoms with van der Waals surface area (Å²) in [6.45, 7) is 3.52. The van der Waals surface area contributed by atoms with E-state index in [0.29, 0.717) is 17.8 Å². The van der Waals surface area contributed by atoms with Crippen molar-refractivity contribution in [3.8, 4) is 0 Å². The first-order valence-corrected chi connectivity index (χ1v) is 7.63. The lowest BCUT2D eigenvalue weighted by atomic mass is 10.2. The van der Waals surface area contributed by atoms with Crippen LogP contribution in [-0.4, -0.2) is 23.3 Å². The van der Waals surface area contributed by atoms with Crippen LogP contribution in [0.4, 0.5) is 11.4 Å². The molecule has 0 saturated heterocycles. The van der Waals surface area contributed by atoms with Crippen molar-refractivity contribution in [3.05, 3.63) is 45.9 Å². The fraction of sp³-hybridized carbons (Fsp3) is 0.250. The summed E-state index contributed by atoms with van der Waals surface area (Å²) < 4.78 is 26.6. The number of aryl methyl sites for hydroxylation is 2. The van der Waals surface area contributed by atoms with Crippen molar-refractivity contribution < 1.29 is 13.3 Å². The molecule has 0 spiro atoms. The Balaban J connectivity index is 2.39. The Labute approximate surface area is 121 Å².